The predicted octanol–water partition coefficient (Wildman–Crippen LogP) is 4.40. The first-order chi connectivity index (χ1) is 10.2. The van der Waals surface area contributed by atoms with Crippen LogP contribution >= 0.6 is 0 Å². The average molecular weight is 287 g/mol. The third-order valence-corrected chi connectivity index (χ3v) is 5.95. The summed E-state index contributed by atoms with van der Waals surface area (Å²) < 4.78 is 5.46. The minimum atomic E-state index is -0.136. The number of ether oxygens (including phenoxy) is 1. The average Bonchev–Trinajstić information content (AvgIpc) is 2.55. The van der Waals surface area contributed by atoms with Crippen LogP contribution in [0.15, 0.2) is 18.2 Å². The van der Waals surface area contributed by atoms with Crippen molar-refractivity contribution in [3.63, 3.8) is 0 Å². The first kappa shape index (κ1) is 14.9. The van der Waals surface area contributed by atoms with E-state index in [1.165, 1.54) is 56.1 Å². The fraction of sp³-hybridized carbons (Fsp3) is 0.684. The first-order valence-electron chi connectivity index (χ1n) is 8.65. The van der Waals surface area contributed by atoms with Crippen LogP contribution in [0.3, 0.4) is 0 Å². The Morgan fingerprint density at radius 3 is 2.81 bits per heavy atom. The highest BCUT2D eigenvalue weighted by Crippen LogP contribution is 2.48. The number of hydrogen-bond acceptors (Lipinski definition) is 2. The molecule has 3 atom stereocenters. The van der Waals surface area contributed by atoms with E-state index in [2.05, 4.69) is 25.1 Å². The molecule has 0 aromatic heterocycles. The third-order valence-electron chi connectivity index (χ3n) is 5.95. The van der Waals surface area contributed by atoms with Gasteiger partial charge in [0.15, 0.2) is 0 Å². The van der Waals surface area contributed by atoms with Crippen molar-refractivity contribution in [2.75, 3.05) is 7.11 Å². The summed E-state index contributed by atoms with van der Waals surface area (Å²) in [4.78, 5) is 0. The van der Waals surface area contributed by atoms with E-state index in [0.29, 0.717) is 5.92 Å². The standard InChI is InChI=1S/C19H29NO/c1-3-14-7-4-5-9-17(14)19(20)12-6-8-15-10-11-16(21-2)13-18(15)19/h10-11,13-14,17H,3-9,12,20H2,1-2H3. The molecule has 1 fully saturated rings. The lowest BCUT2D eigenvalue weighted by Crippen LogP contribution is -2.50. The Morgan fingerprint density at radius 1 is 1.24 bits per heavy atom. The van der Waals surface area contributed by atoms with E-state index in [1.807, 2.05) is 0 Å². The Bertz CT molecular complexity index is 498. The topological polar surface area (TPSA) is 35.2 Å². The minimum Gasteiger partial charge on any atom is -0.497 e. The maximum Gasteiger partial charge on any atom is 0.119 e. The largest absolute Gasteiger partial charge is 0.497 e. The molecule has 116 valence electrons. The summed E-state index contributed by atoms with van der Waals surface area (Å²) in [6.07, 6.45) is 10.2. The van der Waals surface area contributed by atoms with E-state index in [9.17, 15) is 0 Å². The van der Waals surface area contributed by atoms with Gasteiger partial charge >= 0.3 is 0 Å². The van der Waals surface area contributed by atoms with E-state index in [-0.39, 0.29) is 5.54 Å². The van der Waals surface area contributed by atoms with Crippen LogP contribution in [0.2, 0.25) is 0 Å². The molecule has 3 rings (SSSR count). The Morgan fingerprint density at radius 2 is 2.05 bits per heavy atom. The van der Waals surface area contributed by atoms with Crippen molar-refractivity contribution in [2.45, 2.75) is 63.8 Å². The molecule has 0 saturated heterocycles. The monoisotopic (exact) mass is 287 g/mol. The van der Waals surface area contributed by atoms with Crippen molar-refractivity contribution >= 4 is 0 Å². The zero-order valence-corrected chi connectivity index (χ0v) is 13.5. The van der Waals surface area contributed by atoms with Gasteiger partial charge in [-0.05, 0) is 60.8 Å². The van der Waals surface area contributed by atoms with Gasteiger partial charge in [-0.2, -0.15) is 0 Å². The molecular formula is C19H29NO. The molecule has 2 aliphatic carbocycles. The van der Waals surface area contributed by atoms with Crippen LogP contribution in [0, 0.1) is 11.8 Å². The number of nitrogens with two attached hydrogens (primary N) is 1. The van der Waals surface area contributed by atoms with E-state index in [1.54, 1.807) is 7.11 Å². The predicted molar refractivity (Wildman–Crippen MR) is 87.5 cm³/mol. The normalized spacial score (nSPS) is 32.5. The zero-order valence-electron chi connectivity index (χ0n) is 13.5. The van der Waals surface area contributed by atoms with E-state index < -0.39 is 0 Å². The van der Waals surface area contributed by atoms with Crippen LogP contribution in [0.4, 0.5) is 0 Å². The van der Waals surface area contributed by atoms with Crippen molar-refractivity contribution in [3.05, 3.63) is 29.3 Å². The van der Waals surface area contributed by atoms with E-state index in [4.69, 9.17) is 10.5 Å². The molecule has 1 aromatic rings. The molecule has 0 aliphatic heterocycles. The summed E-state index contributed by atoms with van der Waals surface area (Å²) in [6.45, 7) is 2.33. The van der Waals surface area contributed by atoms with Crippen molar-refractivity contribution in [1.29, 1.82) is 0 Å². The highest BCUT2D eigenvalue weighted by molar-refractivity contribution is 5.42. The molecule has 1 saturated carbocycles. The van der Waals surface area contributed by atoms with Gasteiger partial charge in [-0.3, -0.25) is 0 Å². The number of benzene rings is 1. The van der Waals surface area contributed by atoms with Crippen LogP contribution in [0.25, 0.3) is 0 Å². The molecule has 0 radical (unpaired) electrons. The van der Waals surface area contributed by atoms with Gasteiger partial charge in [0.1, 0.15) is 5.75 Å². The zero-order chi connectivity index (χ0) is 14.9. The van der Waals surface area contributed by atoms with Gasteiger partial charge in [0.05, 0.1) is 7.11 Å². The summed E-state index contributed by atoms with van der Waals surface area (Å²) in [5.74, 6) is 2.39. The van der Waals surface area contributed by atoms with Crippen LogP contribution in [-0.2, 0) is 12.0 Å². The second-order valence-electron chi connectivity index (χ2n) is 6.98. The van der Waals surface area contributed by atoms with Crippen LogP contribution in [-0.4, -0.2) is 7.11 Å². The molecule has 2 nitrogen and oxygen atoms in total. The molecule has 0 amide bonds. The number of rotatable bonds is 3. The van der Waals surface area contributed by atoms with E-state index >= 15 is 0 Å². The summed E-state index contributed by atoms with van der Waals surface area (Å²) in [5.41, 5.74) is 9.77. The van der Waals surface area contributed by atoms with Crippen molar-refractivity contribution in [3.8, 4) is 5.75 Å². The van der Waals surface area contributed by atoms with Gasteiger partial charge in [0.25, 0.3) is 0 Å². The summed E-state index contributed by atoms with van der Waals surface area (Å²) in [6, 6.07) is 6.54. The highest BCUT2D eigenvalue weighted by atomic mass is 16.5. The molecule has 2 N–H and O–H groups in total. The van der Waals surface area contributed by atoms with E-state index in [0.717, 1.165) is 18.1 Å². The van der Waals surface area contributed by atoms with Gasteiger partial charge in [0, 0.05) is 5.54 Å². The molecule has 3 unspecified atom stereocenters. The van der Waals surface area contributed by atoms with Crippen LogP contribution in [0.5, 0.6) is 5.75 Å². The molecular weight excluding hydrogens is 258 g/mol. The molecule has 0 bridgehead atoms. The smallest absolute Gasteiger partial charge is 0.119 e. The Labute approximate surface area is 129 Å². The first-order valence-corrected chi connectivity index (χ1v) is 8.65. The summed E-state index contributed by atoms with van der Waals surface area (Å²) >= 11 is 0. The van der Waals surface area contributed by atoms with Crippen molar-refractivity contribution < 1.29 is 4.74 Å². The number of hydrogen-bond donors (Lipinski definition) is 1. The summed E-state index contributed by atoms with van der Waals surface area (Å²) in [7, 11) is 1.75. The lowest BCUT2D eigenvalue weighted by molar-refractivity contribution is 0.111. The maximum atomic E-state index is 7.08. The number of fused-ring (bicyclic) bond motifs is 1. The second kappa shape index (κ2) is 6.00. The molecule has 0 spiro atoms. The molecule has 2 heteroatoms. The van der Waals surface area contributed by atoms with Gasteiger partial charge in [-0.15, -0.1) is 0 Å². The lowest BCUT2D eigenvalue weighted by atomic mass is 9.61. The molecule has 1 aromatic carbocycles. The fourth-order valence-corrected chi connectivity index (χ4v) is 4.80. The number of aryl methyl sites for hydroxylation is 1. The number of methoxy groups -OCH3 is 1. The van der Waals surface area contributed by atoms with Crippen LogP contribution in [0.1, 0.15) is 63.0 Å². The fourth-order valence-electron chi connectivity index (χ4n) is 4.80. The summed E-state index contributed by atoms with van der Waals surface area (Å²) in [5, 5.41) is 0. The SMILES string of the molecule is CCC1CCCCC1C1(N)CCCc2ccc(OC)cc21. The third kappa shape index (κ3) is 2.59. The van der Waals surface area contributed by atoms with Gasteiger partial charge in [-0.25, -0.2) is 0 Å². The maximum absolute atomic E-state index is 7.08. The molecule has 0 heterocycles. The second-order valence-corrected chi connectivity index (χ2v) is 6.98. The Balaban J connectivity index is 2.01. The van der Waals surface area contributed by atoms with Crippen molar-refractivity contribution in [1.82, 2.24) is 0 Å². The van der Waals surface area contributed by atoms with Crippen LogP contribution < -0.4 is 10.5 Å². The van der Waals surface area contributed by atoms with Gasteiger partial charge in [-0.1, -0.05) is 38.7 Å². The van der Waals surface area contributed by atoms with Crippen molar-refractivity contribution in [2.24, 2.45) is 17.6 Å². The highest BCUT2D eigenvalue weighted by Gasteiger charge is 2.43. The molecule has 2 aliphatic rings. The Kier molecular flexibility index (Phi) is 4.26. The minimum absolute atomic E-state index is 0.136. The van der Waals surface area contributed by atoms with Gasteiger partial charge < -0.3 is 10.5 Å². The molecule has 21 heavy (non-hydrogen) atoms. The quantitative estimate of drug-likeness (QED) is 0.894. The lowest BCUT2D eigenvalue weighted by Gasteiger charge is -2.47. The van der Waals surface area contributed by atoms with Gasteiger partial charge in [0.2, 0.25) is 0 Å². The Hall–Kier alpha value is -1.02.